The molecule has 0 unspecified atom stereocenters. The van der Waals surface area contributed by atoms with Crippen molar-refractivity contribution >= 4 is 55.1 Å². The molecular weight excluding hydrogens is 380 g/mol. The van der Waals surface area contributed by atoms with Crippen molar-refractivity contribution in [2.75, 3.05) is 0 Å². The van der Waals surface area contributed by atoms with Gasteiger partial charge in [0.1, 0.15) is 36.3 Å². The molecule has 8 heteroatoms. The van der Waals surface area contributed by atoms with Gasteiger partial charge in [-0.2, -0.15) is 10.5 Å². The van der Waals surface area contributed by atoms with Gasteiger partial charge in [0.25, 0.3) is 0 Å². The number of aromatic nitrogens is 2. The Hall–Kier alpha value is -5.18. The Balaban J connectivity index is 1.81. The van der Waals surface area contributed by atoms with Gasteiger partial charge in [0.2, 0.25) is 5.55 Å². The van der Waals surface area contributed by atoms with Crippen molar-refractivity contribution in [1.29, 1.82) is 10.5 Å². The third-order valence-electron chi connectivity index (χ3n) is 4.65. The van der Waals surface area contributed by atoms with Gasteiger partial charge in [0.05, 0.1) is 0 Å². The van der Waals surface area contributed by atoms with E-state index in [1.165, 1.54) is 0 Å². The third kappa shape index (κ3) is 2.43. The molecule has 0 aliphatic carbocycles. The number of fused-ring (bicyclic) bond motifs is 4. The van der Waals surface area contributed by atoms with Crippen LogP contribution in [-0.2, 0) is 0 Å². The average Bonchev–Trinajstić information content (AvgIpc) is 3.33. The Labute approximate surface area is 167 Å². The van der Waals surface area contributed by atoms with E-state index in [0.717, 1.165) is 21.5 Å². The third-order valence-corrected chi connectivity index (χ3v) is 4.65. The zero-order valence-corrected chi connectivity index (χ0v) is 15.0. The Morgan fingerprint density at radius 1 is 0.733 bits per heavy atom. The van der Waals surface area contributed by atoms with Gasteiger partial charge in [-0.3, -0.25) is 0 Å². The van der Waals surface area contributed by atoms with Crippen LogP contribution in [0.3, 0.4) is 0 Å². The summed E-state index contributed by atoms with van der Waals surface area (Å²) >= 11 is 0. The minimum atomic E-state index is -0.214. The Bertz CT molecular complexity index is 1580. The number of hydrogen-bond donors (Lipinski definition) is 0. The smallest absolute Gasteiger partial charge is 0.441 e. The summed E-state index contributed by atoms with van der Waals surface area (Å²) in [4.78, 5) is 14.8. The monoisotopic (exact) mass is 386 g/mol. The van der Waals surface area contributed by atoms with Crippen LogP contribution in [0, 0.1) is 35.8 Å². The fourth-order valence-electron chi connectivity index (χ4n) is 3.29. The second-order valence-electron chi connectivity index (χ2n) is 6.37. The highest BCUT2D eigenvalue weighted by atomic mass is 16.3. The number of oxazole rings is 2. The quantitative estimate of drug-likeness (QED) is 0.298. The molecule has 0 fully saturated rings. The summed E-state index contributed by atoms with van der Waals surface area (Å²) in [5, 5.41) is 21.6. The maximum absolute atomic E-state index is 9.02. The van der Waals surface area contributed by atoms with Gasteiger partial charge >= 0.3 is 11.4 Å². The van der Waals surface area contributed by atoms with Crippen LogP contribution in [0.1, 0.15) is 0 Å². The van der Waals surface area contributed by atoms with Crippen LogP contribution < -0.4 is 11.1 Å². The highest BCUT2D eigenvalue weighted by Gasteiger charge is 2.13. The normalized spacial score (nSPS) is 10.5. The summed E-state index contributed by atoms with van der Waals surface area (Å²) in [5.74, 6) is -0.214. The molecule has 2 aromatic heterocycles. The van der Waals surface area contributed by atoms with E-state index < -0.39 is 0 Å². The molecule has 136 valence electrons. The van der Waals surface area contributed by atoms with Crippen LogP contribution >= 0.6 is 0 Å². The van der Waals surface area contributed by atoms with Gasteiger partial charge in [-0.1, -0.05) is 0 Å². The summed E-state index contributed by atoms with van der Waals surface area (Å²) in [6, 6.07) is 14.7. The van der Waals surface area contributed by atoms with E-state index in [2.05, 4.69) is 19.7 Å². The molecule has 5 aromatic rings. The highest BCUT2D eigenvalue weighted by Crippen LogP contribution is 2.29. The molecule has 0 atom stereocenters. The van der Waals surface area contributed by atoms with Crippen molar-refractivity contribution in [2.24, 2.45) is 0 Å². The summed E-state index contributed by atoms with van der Waals surface area (Å²) in [5.41, 5.74) is 1.86. The van der Waals surface area contributed by atoms with Gasteiger partial charge in [-0.05, 0) is 57.9 Å². The standard InChI is InChI=1S/C22H6N6O2/c1-25-20(26-2)22-28-17-6-12-4-13-7-18-16(27-21(29-18)15(9-23)10-24)5-11(13)3-14(12)8-19(17)30-22/h3-8H. The van der Waals surface area contributed by atoms with E-state index in [1.54, 1.807) is 18.2 Å². The molecule has 3 aromatic carbocycles. The van der Waals surface area contributed by atoms with Crippen molar-refractivity contribution in [3.05, 3.63) is 70.3 Å². The molecule has 0 spiro atoms. The summed E-state index contributed by atoms with van der Waals surface area (Å²) < 4.78 is 11.2. The molecule has 30 heavy (non-hydrogen) atoms. The predicted octanol–water partition coefficient (Wildman–Crippen LogP) is 3.38. The van der Waals surface area contributed by atoms with Crippen LogP contribution in [0.4, 0.5) is 0 Å². The molecule has 5 rings (SSSR count). The molecule has 0 aliphatic heterocycles. The van der Waals surface area contributed by atoms with Gasteiger partial charge in [-0.25, -0.2) is 9.97 Å². The average molecular weight is 386 g/mol. The van der Waals surface area contributed by atoms with Crippen molar-refractivity contribution in [2.45, 2.75) is 0 Å². The second kappa shape index (κ2) is 6.17. The first kappa shape index (κ1) is 17.0. The zero-order valence-electron chi connectivity index (χ0n) is 15.0. The maximum Gasteiger partial charge on any atom is 0.582 e. The van der Waals surface area contributed by atoms with Crippen molar-refractivity contribution < 1.29 is 8.83 Å². The van der Waals surface area contributed by atoms with Crippen molar-refractivity contribution in [3.63, 3.8) is 0 Å². The van der Waals surface area contributed by atoms with E-state index >= 15 is 0 Å². The summed E-state index contributed by atoms with van der Waals surface area (Å²) in [7, 11) is 0. The topological polar surface area (TPSA) is 108 Å². The molecule has 0 saturated heterocycles. The molecule has 0 aliphatic rings. The summed E-state index contributed by atoms with van der Waals surface area (Å²) in [6.07, 6.45) is 0. The molecule has 0 amide bonds. The maximum atomic E-state index is 9.02. The Morgan fingerprint density at radius 2 is 1.20 bits per heavy atom. The Kier molecular flexibility index (Phi) is 3.49. The van der Waals surface area contributed by atoms with E-state index in [4.69, 9.17) is 32.5 Å². The highest BCUT2D eigenvalue weighted by molar-refractivity contribution is 6.05. The first-order valence-electron chi connectivity index (χ1n) is 8.52. The minimum absolute atomic E-state index is 0.00391. The molecule has 0 saturated carbocycles. The number of hydrogen-bond acceptors (Lipinski definition) is 6. The number of nitrogens with zero attached hydrogens (tertiary/aromatic N) is 6. The minimum Gasteiger partial charge on any atom is -0.441 e. The number of rotatable bonds is 0. The Morgan fingerprint density at radius 3 is 1.70 bits per heavy atom. The lowest BCUT2D eigenvalue weighted by atomic mass is 10.0. The molecule has 0 radical (unpaired) electrons. The van der Waals surface area contributed by atoms with E-state index in [-0.39, 0.29) is 22.5 Å². The lowest BCUT2D eigenvalue weighted by Crippen LogP contribution is -2.03. The largest absolute Gasteiger partial charge is 0.582 e. The molecule has 0 bridgehead atoms. The van der Waals surface area contributed by atoms with Crippen LogP contribution in [0.5, 0.6) is 0 Å². The van der Waals surface area contributed by atoms with Gasteiger partial charge in [0.15, 0.2) is 16.7 Å². The predicted molar refractivity (Wildman–Crippen MR) is 107 cm³/mol. The fraction of sp³-hybridized carbons (Fsp3) is 0. The first-order valence-corrected chi connectivity index (χ1v) is 8.52. The van der Waals surface area contributed by atoms with Crippen LogP contribution in [0.15, 0.2) is 45.2 Å². The molecule has 8 nitrogen and oxygen atoms in total. The van der Waals surface area contributed by atoms with E-state index in [9.17, 15) is 0 Å². The molecule has 2 heterocycles. The fourth-order valence-corrected chi connectivity index (χ4v) is 3.29. The van der Waals surface area contributed by atoms with Gasteiger partial charge in [0, 0.05) is 0 Å². The van der Waals surface area contributed by atoms with Crippen LogP contribution in [0.2, 0.25) is 0 Å². The van der Waals surface area contributed by atoms with Crippen LogP contribution in [0.25, 0.3) is 64.8 Å². The first-order chi connectivity index (χ1) is 14.6. The second-order valence-corrected chi connectivity index (χ2v) is 6.37. The number of nitriles is 2. The van der Waals surface area contributed by atoms with E-state index in [1.807, 2.05) is 30.3 Å². The van der Waals surface area contributed by atoms with Gasteiger partial charge in [-0.15, -0.1) is 9.69 Å². The van der Waals surface area contributed by atoms with Crippen molar-refractivity contribution in [1.82, 2.24) is 9.97 Å². The van der Waals surface area contributed by atoms with E-state index in [0.29, 0.717) is 22.2 Å². The van der Waals surface area contributed by atoms with Gasteiger partial charge < -0.3 is 8.83 Å². The molecular formula is C22H6N6O2. The zero-order chi connectivity index (χ0) is 20.8. The number of benzene rings is 3. The lowest BCUT2D eigenvalue weighted by Gasteiger charge is -2.02. The molecule has 0 N–H and O–H groups in total. The lowest BCUT2D eigenvalue weighted by molar-refractivity contribution is 0.559. The van der Waals surface area contributed by atoms with Crippen LogP contribution in [-0.4, -0.2) is 9.97 Å². The summed E-state index contributed by atoms with van der Waals surface area (Å²) in [6.45, 7) is 14.1. The van der Waals surface area contributed by atoms with Crippen molar-refractivity contribution in [3.8, 4) is 12.1 Å². The SMILES string of the molecule is [C-]#[N+]C([N+]#[C-])=c1nc2cc3cc4cc5oc(=C(C#N)C#N)nc5cc4cc3cc2o1.